The summed E-state index contributed by atoms with van der Waals surface area (Å²) in [6, 6.07) is 14.0. The van der Waals surface area contributed by atoms with Gasteiger partial charge in [-0.15, -0.1) is 0 Å². The van der Waals surface area contributed by atoms with Crippen molar-refractivity contribution in [2.75, 3.05) is 31.5 Å². The number of ether oxygens (including phenoxy) is 1. The molecule has 36 heavy (non-hydrogen) atoms. The number of nitrogens with zero attached hydrogens (tertiary/aromatic N) is 4. The number of anilines is 1. The van der Waals surface area contributed by atoms with Crippen molar-refractivity contribution in [1.29, 1.82) is 0 Å². The predicted molar refractivity (Wildman–Crippen MR) is 141 cm³/mol. The number of aryl methyl sites for hydroxylation is 1. The van der Waals surface area contributed by atoms with E-state index in [0.717, 1.165) is 55.2 Å². The van der Waals surface area contributed by atoms with Crippen molar-refractivity contribution < 1.29 is 14.6 Å². The number of pyridine rings is 1. The third kappa shape index (κ3) is 6.95. The third-order valence-corrected chi connectivity index (χ3v) is 6.28. The molecule has 2 aromatic heterocycles. The normalized spacial score (nSPS) is 16.1. The number of aromatic nitrogens is 3. The van der Waals surface area contributed by atoms with Crippen LogP contribution in [-0.2, 0) is 11.3 Å². The zero-order valence-corrected chi connectivity index (χ0v) is 21.7. The molecule has 1 atom stereocenters. The average Bonchev–Trinajstić information content (AvgIpc) is 3.16. The number of hydrogen-bond donors (Lipinski definition) is 3. The van der Waals surface area contributed by atoms with Gasteiger partial charge in [0.2, 0.25) is 5.95 Å². The van der Waals surface area contributed by atoms with Gasteiger partial charge in [-0.05, 0) is 64.8 Å². The summed E-state index contributed by atoms with van der Waals surface area (Å²) in [7, 11) is 0. The fraction of sp³-hybridized carbons (Fsp3) is 0.519. The molecule has 9 nitrogen and oxygen atoms in total. The van der Waals surface area contributed by atoms with Crippen molar-refractivity contribution in [2.45, 2.75) is 64.8 Å². The van der Waals surface area contributed by atoms with Crippen LogP contribution in [-0.4, -0.2) is 68.5 Å². The Bertz CT molecular complexity index is 1160. The number of aliphatic hydroxyl groups is 1. The minimum Gasteiger partial charge on any atom is -0.444 e. The second-order valence-corrected chi connectivity index (χ2v) is 10.4. The molecule has 9 heteroatoms. The van der Waals surface area contributed by atoms with E-state index in [2.05, 4.69) is 25.1 Å². The van der Waals surface area contributed by atoms with Crippen LogP contribution in [0.3, 0.4) is 0 Å². The molecule has 3 N–H and O–H groups in total. The molecule has 1 fully saturated rings. The first kappa shape index (κ1) is 25.9. The average molecular weight is 495 g/mol. The number of carbonyl (C=O) groups excluding carboxylic acids is 1. The van der Waals surface area contributed by atoms with Gasteiger partial charge >= 0.3 is 6.09 Å². The number of piperidine rings is 1. The van der Waals surface area contributed by atoms with Gasteiger partial charge in [-0.25, -0.2) is 9.78 Å². The van der Waals surface area contributed by atoms with Crippen molar-refractivity contribution >= 4 is 23.1 Å². The molecule has 0 radical (unpaired) electrons. The number of aliphatic hydroxyl groups excluding tert-OH is 1. The number of amides is 1. The molecule has 1 aliphatic heterocycles. The van der Waals surface area contributed by atoms with E-state index in [-0.39, 0.29) is 12.1 Å². The van der Waals surface area contributed by atoms with E-state index in [1.165, 1.54) is 0 Å². The number of para-hydroxylation sites is 2. The Labute approximate surface area is 212 Å². The van der Waals surface area contributed by atoms with Crippen LogP contribution in [0.1, 0.15) is 51.1 Å². The maximum absolute atomic E-state index is 11.9. The van der Waals surface area contributed by atoms with Crippen molar-refractivity contribution in [3.63, 3.8) is 0 Å². The summed E-state index contributed by atoms with van der Waals surface area (Å²) in [5.41, 5.74) is 2.94. The van der Waals surface area contributed by atoms with Gasteiger partial charge in [0.15, 0.2) is 0 Å². The van der Waals surface area contributed by atoms with Crippen LogP contribution in [0.2, 0.25) is 0 Å². The Hall–Kier alpha value is -3.17. The number of imidazole rings is 1. The zero-order valence-electron chi connectivity index (χ0n) is 21.7. The van der Waals surface area contributed by atoms with E-state index in [4.69, 9.17) is 9.72 Å². The molecule has 0 saturated carbocycles. The molecule has 194 valence electrons. The molecule has 0 bridgehead atoms. The fourth-order valence-corrected chi connectivity index (χ4v) is 4.50. The van der Waals surface area contributed by atoms with E-state index in [0.29, 0.717) is 18.8 Å². The minimum atomic E-state index is -0.734. The maximum Gasteiger partial charge on any atom is 0.407 e. The van der Waals surface area contributed by atoms with Gasteiger partial charge in [-0.2, -0.15) is 0 Å². The lowest BCUT2D eigenvalue weighted by molar-refractivity contribution is 0.0520. The predicted octanol–water partition coefficient (Wildman–Crippen LogP) is 3.87. The van der Waals surface area contributed by atoms with Gasteiger partial charge in [-0.3, -0.25) is 4.98 Å². The van der Waals surface area contributed by atoms with Crippen LogP contribution >= 0.6 is 0 Å². The Morgan fingerprint density at radius 1 is 1.14 bits per heavy atom. The Morgan fingerprint density at radius 2 is 1.89 bits per heavy atom. The zero-order chi connectivity index (χ0) is 25.7. The summed E-state index contributed by atoms with van der Waals surface area (Å²) in [4.78, 5) is 23.5. The number of benzene rings is 1. The Kier molecular flexibility index (Phi) is 8.11. The fourth-order valence-electron chi connectivity index (χ4n) is 4.50. The molecule has 0 aliphatic carbocycles. The van der Waals surface area contributed by atoms with E-state index in [9.17, 15) is 9.90 Å². The Morgan fingerprint density at radius 3 is 2.61 bits per heavy atom. The first-order chi connectivity index (χ1) is 17.2. The van der Waals surface area contributed by atoms with Crippen molar-refractivity contribution in [2.24, 2.45) is 0 Å². The summed E-state index contributed by atoms with van der Waals surface area (Å²) in [5, 5.41) is 17.4. The molecular weight excluding hydrogens is 456 g/mol. The van der Waals surface area contributed by atoms with Gasteiger partial charge < -0.3 is 29.9 Å². The third-order valence-electron chi connectivity index (χ3n) is 6.28. The summed E-state index contributed by atoms with van der Waals surface area (Å²) in [5.74, 6) is 0.771. The smallest absolute Gasteiger partial charge is 0.407 e. The highest BCUT2D eigenvalue weighted by Crippen LogP contribution is 2.25. The van der Waals surface area contributed by atoms with E-state index in [1.807, 2.05) is 70.2 Å². The van der Waals surface area contributed by atoms with Crippen molar-refractivity contribution in [3.05, 3.63) is 53.9 Å². The topological polar surface area (TPSA) is 105 Å². The van der Waals surface area contributed by atoms with Crippen LogP contribution in [0, 0.1) is 6.92 Å². The molecule has 0 spiro atoms. The molecule has 1 aromatic carbocycles. The number of carbonyl (C=O) groups is 1. The van der Waals surface area contributed by atoms with E-state index < -0.39 is 11.7 Å². The summed E-state index contributed by atoms with van der Waals surface area (Å²) < 4.78 is 7.36. The summed E-state index contributed by atoms with van der Waals surface area (Å²) in [6.45, 7) is 11.1. The number of rotatable bonds is 8. The lowest BCUT2D eigenvalue weighted by atomic mass is 10.1. The lowest BCUT2D eigenvalue weighted by Gasteiger charge is -2.32. The number of alkyl carbamates (subject to hydrolysis) is 1. The van der Waals surface area contributed by atoms with Crippen LogP contribution in [0.5, 0.6) is 0 Å². The SMILES string of the molecule is Cc1cccc(C(O)Cn2c(NC3CCN(CCNC(=O)OC(C)(C)C)CC3)nc3ccccc32)n1. The monoisotopic (exact) mass is 494 g/mol. The minimum absolute atomic E-state index is 0.282. The van der Waals surface area contributed by atoms with Gasteiger partial charge in [0.1, 0.15) is 11.7 Å². The van der Waals surface area contributed by atoms with E-state index in [1.54, 1.807) is 0 Å². The largest absolute Gasteiger partial charge is 0.444 e. The summed E-state index contributed by atoms with van der Waals surface area (Å²) in [6.07, 6.45) is 0.832. The standard InChI is InChI=1S/C27H38N6O3/c1-19-8-7-10-22(29-19)24(34)18-33-23-11-6-5-9-21(23)31-25(33)30-20-12-15-32(16-13-20)17-14-28-26(35)36-27(2,3)4/h5-11,20,24,34H,12-18H2,1-4H3,(H,28,35)(H,30,31). The number of likely N-dealkylation sites (tertiary alicyclic amines) is 1. The molecule has 3 aromatic rings. The molecular formula is C27H38N6O3. The second-order valence-electron chi connectivity index (χ2n) is 10.4. The second kappa shape index (κ2) is 11.3. The molecule has 1 unspecified atom stereocenters. The van der Waals surface area contributed by atoms with Crippen LogP contribution in [0.4, 0.5) is 10.7 Å². The number of nitrogens with one attached hydrogen (secondary N) is 2. The van der Waals surface area contributed by atoms with Gasteiger partial charge in [0, 0.05) is 37.9 Å². The van der Waals surface area contributed by atoms with Crippen molar-refractivity contribution in [1.82, 2.24) is 24.8 Å². The van der Waals surface area contributed by atoms with Crippen LogP contribution in [0.25, 0.3) is 11.0 Å². The first-order valence-corrected chi connectivity index (χ1v) is 12.7. The van der Waals surface area contributed by atoms with Gasteiger partial charge in [0.25, 0.3) is 0 Å². The maximum atomic E-state index is 11.9. The van der Waals surface area contributed by atoms with Gasteiger partial charge in [-0.1, -0.05) is 18.2 Å². The highest BCUT2D eigenvalue weighted by Gasteiger charge is 2.23. The number of fused-ring (bicyclic) bond motifs is 1. The van der Waals surface area contributed by atoms with Gasteiger partial charge in [0.05, 0.1) is 23.3 Å². The molecule has 3 heterocycles. The summed E-state index contributed by atoms with van der Waals surface area (Å²) >= 11 is 0. The first-order valence-electron chi connectivity index (χ1n) is 12.7. The molecule has 1 saturated heterocycles. The van der Waals surface area contributed by atoms with Crippen LogP contribution in [0.15, 0.2) is 42.5 Å². The Balaban J connectivity index is 1.34. The molecule has 1 aliphatic rings. The highest BCUT2D eigenvalue weighted by molar-refractivity contribution is 5.78. The van der Waals surface area contributed by atoms with Crippen LogP contribution < -0.4 is 10.6 Å². The highest BCUT2D eigenvalue weighted by atomic mass is 16.6. The number of hydrogen-bond acceptors (Lipinski definition) is 7. The lowest BCUT2D eigenvalue weighted by Crippen LogP contribution is -2.43. The quantitative estimate of drug-likeness (QED) is 0.437. The van der Waals surface area contributed by atoms with E-state index >= 15 is 0 Å². The van der Waals surface area contributed by atoms with Crippen molar-refractivity contribution in [3.8, 4) is 0 Å². The molecule has 1 amide bonds. The molecule has 4 rings (SSSR count).